The van der Waals surface area contributed by atoms with E-state index < -0.39 is 12.0 Å². The number of rotatable bonds is 5. The molecule has 2 aliphatic rings. The number of carbonyl (C=O) groups is 2. The number of aliphatic carboxylic acids is 1. The molecule has 4 atom stereocenters. The lowest BCUT2D eigenvalue weighted by Crippen LogP contribution is -2.41. The minimum Gasteiger partial charge on any atom is -0.480 e. The monoisotopic (exact) mass is 287 g/mol. The van der Waals surface area contributed by atoms with Crippen LogP contribution in [-0.2, 0) is 16.0 Å². The quantitative estimate of drug-likeness (QED) is 0.873. The van der Waals surface area contributed by atoms with Crippen molar-refractivity contribution in [3.63, 3.8) is 0 Å². The third-order valence-electron chi connectivity index (χ3n) is 4.82. The van der Waals surface area contributed by atoms with Gasteiger partial charge < -0.3 is 10.4 Å². The summed E-state index contributed by atoms with van der Waals surface area (Å²) in [6.45, 7) is 1.93. The summed E-state index contributed by atoms with van der Waals surface area (Å²) in [6, 6.07) is 7.56. The Morgan fingerprint density at radius 1 is 1.38 bits per heavy atom. The van der Waals surface area contributed by atoms with Crippen LogP contribution in [0.1, 0.15) is 43.2 Å². The molecule has 0 aliphatic heterocycles. The van der Waals surface area contributed by atoms with E-state index in [1.165, 1.54) is 11.1 Å². The van der Waals surface area contributed by atoms with Crippen LogP contribution in [0.15, 0.2) is 24.3 Å². The van der Waals surface area contributed by atoms with Gasteiger partial charge in [-0.25, -0.2) is 4.79 Å². The fourth-order valence-electron chi connectivity index (χ4n) is 3.74. The van der Waals surface area contributed by atoms with Crippen molar-refractivity contribution in [2.45, 2.75) is 44.6 Å². The molecule has 0 heterocycles. The number of hydrogen-bond acceptors (Lipinski definition) is 2. The SMILES string of the molecule is CCC[C@@H](NC(=O)C1C2CCc3ccccc3C21)C(=O)O. The first-order valence-electron chi connectivity index (χ1n) is 7.74. The van der Waals surface area contributed by atoms with Crippen LogP contribution >= 0.6 is 0 Å². The van der Waals surface area contributed by atoms with Crippen molar-refractivity contribution >= 4 is 11.9 Å². The average Bonchev–Trinajstić information content (AvgIpc) is 3.21. The Kier molecular flexibility index (Phi) is 3.70. The molecule has 3 rings (SSSR count). The molecule has 0 bridgehead atoms. The second kappa shape index (κ2) is 5.51. The summed E-state index contributed by atoms with van der Waals surface area (Å²) in [5.74, 6) is -0.355. The minimum absolute atomic E-state index is 0.0349. The third kappa shape index (κ3) is 2.55. The Morgan fingerprint density at radius 3 is 2.86 bits per heavy atom. The second-order valence-corrected chi connectivity index (χ2v) is 6.14. The van der Waals surface area contributed by atoms with Crippen LogP contribution in [0.3, 0.4) is 0 Å². The lowest BCUT2D eigenvalue weighted by molar-refractivity contribution is -0.142. The largest absolute Gasteiger partial charge is 0.480 e. The predicted molar refractivity (Wildman–Crippen MR) is 79.0 cm³/mol. The normalized spacial score (nSPS) is 27.2. The predicted octanol–water partition coefficient (Wildman–Crippen LogP) is 2.33. The van der Waals surface area contributed by atoms with Crippen LogP contribution in [0.2, 0.25) is 0 Å². The van der Waals surface area contributed by atoms with Crippen LogP contribution in [-0.4, -0.2) is 23.0 Å². The molecule has 0 saturated heterocycles. The lowest BCUT2D eigenvalue weighted by atomic mass is 9.92. The van der Waals surface area contributed by atoms with Gasteiger partial charge in [-0.05, 0) is 42.2 Å². The molecule has 0 spiro atoms. The van der Waals surface area contributed by atoms with E-state index in [2.05, 4.69) is 17.4 Å². The van der Waals surface area contributed by atoms with Crippen molar-refractivity contribution < 1.29 is 14.7 Å². The first kappa shape index (κ1) is 14.1. The highest BCUT2D eigenvalue weighted by Gasteiger charge is 2.57. The molecular formula is C17H21NO3. The molecule has 3 unspecified atom stereocenters. The van der Waals surface area contributed by atoms with E-state index >= 15 is 0 Å². The fourth-order valence-corrected chi connectivity index (χ4v) is 3.74. The molecule has 2 aliphatic carbocycles. The number of amides is 1. The van der Waals surface area contributed by atoms with Gasteiger partial charge in [0, 0.05) is 5.92 Å². The fraction of sp³-hybridized carbons (Fsp3) is 0.529. The molecule has 112 valence electrons. The number of carboxylic acids is 1. The molecule has 1 aromatic carbocycles. The third-order valence-corrected chi connectivity index (χ3v) is 4.82. The van der Waals surface area contributed by atoms with Crippen LogP contribution in [0.25, 0.3) is 0 Å². The summed E-state index contributed by atoms with van der Waals surface area (Å²) in [5, 5.41) is 11.9. The Morgan fingerprint density at radius 2 is 2.14 bits per heavy atom. The molecule has 0 radical (unpaired) electrons. The molecule has 21 heavy (non-hydrogen) atoms. The van der Waals surface area contributed by atoms with E-state index in [1.54, 1.807) is 0 Å². The number of carboxylic acid groups (broad SMARTS) is 1. The summed E-state index contributed by atoms with van der Waals surface area (Å²) >= 11 is 0. The van der Waals surface area contributed by atoms with E-state index in [-0.39, 0.29) is 11.8 Å². The number of hydrogen-bond donors (Lipinski definition) is 2. The highest BCUT2D eigenvalue weighted by molar-refractivity contribution is 5.88. The molecule has 1 aromatic rings. The number of benzene rings is 1. The van der Waals surface area contributed by atoms with Crippen molar-refractivity contribution in [1.29, 1.82) is 0 Å². The van der Waals surface area contributed by atoms with Gasteiger partial charge in [0.1, 0.15) is 6.04 Å². The van der Waals surface area contributed by atoms with Crippen LogP contribution < -0.4 is 5.32 Å². The van der Waals surface area contributed by atoms with Gasteiger partial charge in [0.2, 0.25) is 5.91 Å². The molecular weight excluding hydrogens is 266 g/mol. The topological polar surface area (TPSA) is 66.4 Å². The number of carbonyl (C=O) groups excluding carboxylic acids is 1. The van der Waals surface area contributed by atoms with Crippen LogP contribution in [0, 0.1) is 11.8 Å². The molecule has 1 saturated carbocycles. The zero-order chi connectivity index (χ0) is 15.0. The van der Waals surface area contributed by atoms with Gasteiger partial charge in [0.05, 0.1) is 0 Å². The maximum Gasteiger partial charge on any atom is 0.326 e. The Balaban J connectivity index is 1.70. The van der Waals surface area contributed by atoms with Gasteiger partial charge in [0.15, 0.2) is 0 Å². The first-order valence-corrected chi connectivity index (χ1v) is 7.74. The number of nitrogens with one attached hydrogen (secondary N) is 1. The highest BCUT2D eigenvalue weighted by atomic mass is 16.4. The zero-order valence-corrected chi connectivity index (χ0v) is 12.2. The van der Waals surface area contributed by atoms with Crippen molar-refractivity contribution in [3.8, 4) is 0 Å². The Labute approximate surface area is 124 Å². The minimum atomic E-state index is -0.936. The summed E-state index contributed by atoms with van der Waals surface area (Å²) < 4.78 is 0. The van der Waals surface area contributed by atoms with Gasteiger partial charge >= 0.3 is 5.97 Å². The summed E-state index contributed by atoms with van der Waals surface area (Å²) in [6.07, 6.45) is 3.29. The van der Waals surface area contributed by atoms with Crippen LogP contribution in [0.5, 0.6) is 0 Å². The second-order valence-electron chi connectivity index (χ2n) is 6.14. The summed E-state index contributed by atoms with van der Waals surface area (Å²) in [4.78, 5) is 23.6. The van der Waals surface area contributed by atoms with Crippen molar-refractivity contribution in [3.05, 3.63) is 35.4 Å². The molecule has 1 fully saturated rings. The van der Waals surface area contributed by atoms with Gasteiger partial charge in [-0.2, -0.15) is 0 Å². The van der Waals surface area contributed by atoms with Gasteiger partial charge in [0.25, 0.3) is 0 Å². The molecule has 1 amide bonds. The van der Waals surface area contributed by atoms with E-state index in [1.807, 2.05) is 19.1 Å². The average molecular weight is 287 g/mol. The zero-order valence-electron chi connectivity index (χ0n) is 12.2. The number of fused-ring (bicyclic) bond motifs is 3. The summed E-state index contributed by atoms with van der Waals surface area (Å²) in [7, 11) is 0. The lowest BCUT2D eigenvalue weighted by Gasteiger charge is -2.14. The standard InChI is InChI=1S/C17H21NO3/c1-2-5-13(17(20)21)18-16(19)15-12-9-8-10-6-3-4-7-11(10)14(12)15/h3-4,6-7,12-15H,2,5,8-9H2,1H3,(H,18,19)(H,20,21)/t12?,13-,14?,15?/m1/s1. The maximum absolute atomic E-state index is 12.4. The van der Waals surface area contributed by atoms with Crippen molar-refractivity contribution in [2.24, 2.45) is 11.8 Å². The molecule has 4 nitrogen and oxygen atoms in total. The van der Waals surface area contributed by atoms with Gasteiger partial charge in [-0.1, -0.05) is 37.6 Å². The van der Waals surface area contributed by atoms with E-state index in [9.17, 15) is 9.59 Å². The van der Waals surface area contributed by atoms with Gasteiger partial charge in [-0.3, -0.25) is 4.79 Å². The van der Waals surface area contributed by atoms with Crippen LogP contribution in [0.4, 0.5) is 0 Å². The molecule has 2 N–H and O–H groups in total. The van der Waals surface area contributed by atoms with E-state index in [0.29, 0.717) is 18.3 Å². The maximum atomic E-state index is 12.4. The number of aryl methyl sites for hydroxylation is 1. The van der Waals surface area contributed by atoms with E-state index in [0.717, 1.165) is 19.3 Å². The van der Waals surface area contributed by atoms with Crippen molar-refractivity contribution in [1.82, 2.24) is 5.32 Å². The Hall–Kier alpha value is -1.84. The molecule has 0 aromatic heterocycles. The summed E-state index contributed by atoms with van der Waals surface area (Å²) in [5.41, 5.74) is 2.63. The highest BCUT2D eigenvalue weighted by Crippen LogP contribution is 2.59. The van der Waals surface area contributed by atoms with E-state index in [4.69, 9.17) is 5.11 Å². The smallest absolute Gasteiger partial charge is 0.326 e. The Bertz CT molecular complexity index is 569. The molecule has 4 heteroatoms. The van der Waals surface area contributed by atoms with Crippen molar-refractivity contribution in [2.75, 3.05) is 0 Å². The van der Waals surface area contributed by atoms with Gasteiger partial charge in [-0.15, -0.1) is 0 Å². The first-order chi connectivity index (χ1) is 10.1.